The van der Waals surface area contributed by atoms with Gasteiger partial charge in [-0.2, -0.15) is 0 Å². The third kappa shape index (κ3) is 2.36. The zero-order valence-electron chi connectivity index (χ0n) is 6.44. The molecule has 0 radical (unpaired) electrons. The fourth-order valence-corrected chi connectivity index (χ4v) is 1.90. The molecular weight excluding hydrogens is 239 g/mol. The molecule has 10 heavy (non-hydrogen) atoms. The highest BCUT2D eigenvalue weighted by Crippen LogP contribution is 2.10. The molecule has 0 aromatic carbocycles. The van der Waals surface area contributed by atoms with Crippen LogP contribution in [-0.4, -0.2) is 35.6 Å². The fraction of sp³-hybridized carbons (Fsp3) is 1.00. The minimum absolute atomic E-state index is 0.832. The average Bonchev–Trinajstić information content (AvgIpc) is 2.05. The minimum Gasteiger partial charge on any atom is -0.317 e. The molecule has 0 spiro atoms. The molecule has 1 N–H and O–H groups in total. The predicted octanol–water partition coefficient (Wildman–Crippen LogP) is 1.06. The van der Waals surface area contributed by atoms with Gasteiger partial charge in [-0.15, -0.1) is 0 Å². The molecule has 1 saturated heterocycles. The summed E-state index contributed by atoms with van der Waals surface area (Å²) in [6.07, 6.45) is 2.64. The van der Waals surface area contributed by atoms with Crippen molar-refractivity contribution in [2.45, 2.75) is 18.9 Å². The summed E-state index contributed by atoms with van der Waals surface area (Å²) in [5.74, 6) is 0. The number of hydrogen-bond donors (Lipinski definition) is 1. The molecule has 0 bridgehead atoms. The second-order valence-electron chi connectivity index (χ2n) is 2.86. The van der Waals surface area contributed by atoms with Crippen molar-refractivity contribution >= 4 is 22.6 Å². The molecule has 0 aromatic rings. The van der Waals surface area contributed by atoms with E-state index in [1.165, 1.54) is 25.9 Å². The van der Waals surface area contributed by atoms with Crippen molar-refractivity contribution in [3.63, 3.8) is 0 Å². The molecule has 60 valence electrons. The van der Waals surface area contributed by atoms with E-state index >= 15 is 0 Å². The first kappa shape index (κ1) is 8.74. The number of piperidine rings is 1. The van der Waals surface area contributed by atoms with E-state index in [2.05, 4.69) is 39.9 Å². The van der Waals surface area contributed by atoms with Gasteiger partial charge in [-0.3, -0.25) is 4.90 Å². The van der Waals surface area contributed by atoms with E-state index in [4.69, 9.17) is 0 Å². The Morgan fingerprint density at radius 3 is 2.60 bits per heavy atom. The van der Waals surface area contributed by atoms with Gasteiger partial charge < -0.3 is 5.32 Å². The van der Waals surface area contributed by atoms with Gasteiger partial charge in [-0.05, 0) is 33.0 Å². The number of halogens is 1. The van der Waals surface area contributed by atoms with Crippen molar-refractivity contribution in [1.82, 2.24) is 10.2 Å². The Kier molecular flexibility index (Phi) is 3.95. The zero-order valence-corrected chi connectivity index (χ0v) is 8.60. The van der Waals surface area contributed by atoms with Gasteiger partial charge in [0.05, 0.1) is 4.55 Å². The lowest BCUT2D eigenvalue weighted by atomic mass is 10.1. The summed E-state index contributed by atoms with van der Waals surface area (Å²) in [6, 6.07) is 0.832. The van der Waals surface area contributed by atoms with Gasteiger partial charge in [-0.1, -0.05) is 22.6 Å². The summed E-state index contributed by atoms with van der Waals surface area (Å²) < 4.78 is 1.16. The van der Waals surface area contributed by atoms with E-state index in [0.717, 1.165) is 10.6 Å². The Balaban J connectivity index is 2.24. The van der Waals surface area contributed by atoms with Gasteiger partial charge in [-0.25, -0.2) is 0 Å². The van der Waals surface area contributed by atoms with Crippen LogP contribution in [0.4, 0.5) is 0 Å². The maximum atomic E-state index is 3.36. The number of nitrogens with one attached hydrogen (secondary N) is 1. The third-order valence-corrected chi connectivity index (χ3v) is 3.20. The molecule has 0 amide bonds. The molecule has 1 aliphatic heterocycles. The number of hydrogen-bond acceptors (Lipinski definition) is 2. The maximum absolute atomic E-state index is 3.36. The first-order valence-corrected chi connectivity index (χ1v) is 5.34. The molecular formula is C7H15IN2. The summed E-state index contributed by atoms with van der Waals surface area (Å²) in [5.41, 5.74) is 0. The Morgan fingerprint density at radius 1 is 1.50 bits per heavy atom. The predicted molar refractivity (Wildman–Crippen MR) is 52.5 cm³/mol. The van der Waals surface area contributed by atoms with Gasteiger partial charge in [0.15, 0.2) is 0 Å². The van der Waals surface area contributed by atoms with Gasteiger partial charge in [0.25, 0.3) is 0 Å². The largest absolute Gasteiger partial charge is 0.317 e. The second-order valence-corrected chi connectivity index (χ2v) is 3.54. The van der Waals surface area contributed by atoms with Crippen LogP contribution in [0.5, 0.6) is 0 Å². The molecule has 0 atom stereocenters. The van der Waals surface area contributed by atoms with Crippen LogP contribution in [0.3, 0.4) is 0 Å². The third-order valence-electron chi connectivity index (χ3n) is 2.12. The van der Waals surface area contributed by atoms with Gasteiger partial charge >= 0.3 is 0 Å². The molecule has 0 saturated carbocycles. The second kappa shape index (κ2) is 4.51. The quantitative estimate of drug-likeness (QED) is 0.450. The van der Waals surface area contributed by atoms with Crippen LogP contribution >= 0.6 is 22.6 Å². The normalized spacial score (nSPS) is 21.9. The molecule has 0 aliphatic carbocycles. The van der Waals surface area contributed by atoms with E-state index in [1.807, 2.05) is 0 Å². The SMILES string of the molecule is CN(CI)C1CCNCC1. The summed E-state index contributed by atoms with van der Waals surface area (Å²) in [6.45, 7) is 2.40. The Labute approximate surface area is 76.5 Å². The van der Waals surface area contributed by atoms with E-state index in [0.29, 0.717) is 0 Å². The zero-order chi connectivity index (χ0) is 7.40. The van der Waals surface area contributed by atoms with Crippen molar-refractivity contribution in [2.24, 2.45) is 0 Å². The van der Waals surface area contributed by atoms with Gasteiger partial charge in [0.1, 0.15) is 0 Å². The summed E-state index contributed by atoms with van der Waals surface area (Å²) in [4.78, 5) is 2.43. The smallest absolute Gasteiger partial charge is 0.0505 e. The van der Waals surface area contributed by atoms with Crippen molar-refractivity contribution in [1.29, 1.82) is 0 Å². The summed E-state index contributed by atoms with van der Waals surface area (Å²) >= 11 is 2.42. The maximum Gasteiger partial charge on any atom is 0.0505 e. The first-order valence-electron chi connectivity index (χ1n) is 3.81. The highest BCUT2D eigenvalue weighted by atomic mass is 127. The number of rotatable bonds is 2. The molecule has 3 heteroatoms. The lowest BCUT2D eigenvalue weighted by Gasteiger charge is -2.29. The van der Waals surface area contributed by atoms with Crippen molar-refractivity contribution < 1.29 is 0 Å². The summed E-state index contributed by atoms with van der Waals surface area (Å²) in [5, 5.41) is 3.36. The average molecular weight is 254 g/mol. The van der Waals surface area contributed by atoms with Crippen LogP contribution in [0.15, 0.2) is 0 Å². The molecule has 0 aromatic heterocycles. The van der Waals surface area contributed by atoms with Gasteiger partial charge in [0.2, 0.25) is 0 Å². The molecule has 1 fully saturated rings. The highest BCUT2D eigenvalue weighted by Gasteiger charge is 2.15. The first-order chi connectivity index (χ1) is 4.84. The highest BCUT2D eigenvalue weighted by molar-refractivity contribution is 14.1. The van der Waals surface area contributed by atoms with E-state index in [9.17, 15) is 0 Å². The van der Waals surface area contributed by atoms with E-state index < -0.39 is 0 Å². The lowest BCUT2D eigenvalue weighted by molar-refractivity contribution is 0.234. The monoisotopic (exact) mass is 254 g/mol. The molecule has 1 rings (SSSR count). The Bertz CT molecular complexity index is 91.6. The number of nitrogens with zero attached hydrogens (tertiary/aromatic N) is 1. The van der Waals surface area contributed by atoms with Crippen LogP contribution in [0.1, 0.15) is 12.8 Å². The Morgan fingerprint density at radius 2 is 2.10 bits per heavy atom. The van der Waals surface area contributed by atoms with Crippen LogP contribution in [0.25, 0.3) is 0 Å². The van der Waals surface area contributed by atoms with Crippen LogP contribution < -0.4 is 5.32 Å². The van der Waals surface area contributed by atoms with Crippen LogP contribution in [0, 0.1) is 0 Å². The minimum atomic E-state index is 0.832. The molecule has 0 unspecified atom stereocenters. The molecule has 1 aliphatic rings. The van der Waals surface area contributed by atoms with Crippen molar-refractivity contribution in [2.75, 3.05) is 24.7 Å². The summed E-state index contributed by atoms with van der Waals surface area (Å²) in [7, 11) is 2.21. The topological polar surface area (TPSA) is 15.3 Å². The standard InChI is InChI=1S/C7H15IN2/c1-10(6-8)7-2-4-9-5-3-7/h7,9H,2-6H2,1H3. The van der Waals surface area contributed by atoms with Crippen molar-refractivity contribution in [3.05, 3.63) is 0 Å². The van der Waals surface area contributed by atoms with Gasteiger partial charge in [0, 0.05) is 6.04 Å². The van der Waals surface area contributed by atoms with Crippen LogP contribution in [0.2, 0.25) is 0 Å². The number of alkyl halides is 1. The van der Waals surface area contributed by atoms with E-state index in [-0.39, 0.29) is 0 Å². The Hall–Kier alpha value is 0.650. The molecule has 2 nitrogen and oxygen atoms in total. The molecule has 1 heterocycles. The van der Waals surface area contributed by atoms with E-state index in [1.54, 1.807) is 0 Å². The lowest BCUT2D eigenvalue weighted by Crippen LogP contribution is -2.40. The van der Waals surface area contributed by atoms with Crippen molar-refractivity contribution in [3.8, 4) is 0 Å². The van der Waals surface area contributed by atoms with Crippen LogP contribution in [-0.2, 0) is 0 Å². The fourth-order valence-electron chi connectivity index (χ4n) is 1.35.